The number of hydrogen-bond acceptors (Lipinski definition) is 4. The van der Waals surface area contributed by atoms with Crippen LogP contribution in [0.15, 0.2) is 53.4 Å². The summed E-state index contributed by atoms with van der Waals surface area (Å²) in [6.07, 6.45) is 0. The van der Waals surface area contributed by atoms with Crippen LogP contribution in [0.4, 0.5) is 10.1 Å². The standard InChI is InChI=1S/C13H10FNO4S/c14-13-8-11(15(16)17)7-6-10(13)9-20(18,19)12-4-2-1-3-5-12/h1-8H,9H2. The largest absolute Gasteiger partial charge is 0.272 e. The molecule has 0 heterocycles. The van der Waals surface area contributed by atoms with Crippen molar-refractivity contribution in [2.24, 2.45) is 0 Å². The molecule has 5 nitrogen and oxygen atoms in total. The molecule has 0 aliphatic carbocycles. The lowest BCUT2D eigenvalue weighted by atomic mass is 10.2. The zero-order valence-corrected chi connectivity index (χ0v) is 11.0. The highest BCUT2D eigenvalue weighted by molar-refractivity contribution is 7.90. The highest BCUT2D eigenvalue weighted by Gasteiger charge is 2.19. The van der Waals surface area contributed by atoms with Gasteiger partial charge in [0.25, 0.3) is 5.69 Å². The first kappa shape index (κ1) is 14.1. The van der Waals surface area contributed by atoms with Crippen molar-refractivity contribution < 1.29 is 17.7 Å². The van der Waals surface area contributed by atoms with Crippen LogP contribution in [0.3, 0.4) is 0 Å². The minimum Gasteiger partial charge on any atom is -0.258 e. The predicted octanol–water partition coefficient (Wildman–Crippen LogP) is 2.71. The Balaban J connectivity index is 2.33. The van der Waals surface area contributed by atoms with Crippen molar-refractivity contribution >= 4 is 15.5 Å². The van der Waals surface area contributed by atoms with Gasteiger partial charge in [-0.3, -0.25) is 10.1 Å². The van der Waals surface area contributed by atoms with Crippen molar-refractivity contribution in [3.8, 4) is 0 Å². The first-order valence-corrected chi connectivity index (χ1v) is 7.26. The Morgan fingerprint density at radius 1 is 1.10 bits per heavy atom. The first-order chi connectivity index (χ1) is 9.40. The van der Waals surface area contributed by atoms with Gasteiger partial charge in [0, 0.05) is 11.6 Å². The van der Waals surface area contributed by atoms with Crippen molar-refractivity contribution in [2.45, 2.75) is 10.6 Å². The summed E-state index contributed by atoms with van der Waals surface area (Å²) in [4.78, 5) is 9.84. The lowest BCUT2D eigenvalue weighted by molar-refractivity contribution is -0.385. The molecular weight excluding hydrogens is 285 g/mol. The first-order valence-electron chi connectivity index (χ1n) is 5.61. The molecule has 104 valence electrons. The quantitative estimate of drug-likeness (QED) is 0.642. The molecule has 20 heavy (non-hydrogen) atoms. The van der Waals surface area contributed by atoms with E-state index in [0.29, 0.717) is 0 Å². The SMILES string of the molecule is O=[N+]([O-])c1ccc(CS(=O)(=O)c2ccccc2)c(F)c1. The summed E-state index contributed by atoms with van der Waals surface area (Å²) in [5.41, 5.74) is -0.511. The lowest BCUT2D eigenvalue weighted by Gasteiger charge is -2.05. The number of hydrogen-bond donors (Lipinski definition) is 0. The third-order valence-corrected chi connectivity index (χ3v) is 4.38. The van der Waals surface area contributed by atoms with Crippen molar-refractivity contribution in [2.75, 3.05) is 0 Å². The molecule has 0 amide bonds. The topological polar surface area (TPSA) is 77.3 Å². The van der Waals surface area contributed by atoms with E-state index in [4.69, 9.17) is 0 Å². The summed E-state index contributed by atoms with van der Waals surface area (Å²) in [5.74, 6) is -1.44. The van der Waals surface area contributed by atoms with Crippen LogP contribution in [-0.4, -0.2) is 13.3 Å². The highest BCUT2D eigenvalue weighted by Crippen LogP contribution is 2.21. The van der Waals surface area contributed by atoms with Gasteiger partial charge in [-0.25, -0.2) is 12.8 Å². The zero-order chi connectivity index (χ0) is 14.8. The normalized spacial score (nSPS) is 11.2. The summed E-state index contributed by atoms with van der Waals surface area (Å²) < 4.78 is 37.8. The van der Waals surface area contributed by atoms with Crippen molar-refractivity contribution in [1.82, 2.24) is 0 Å². The third-order valence-electron chi connectivity index (χ3n) is 2.70. The van der Waals surface area contributed by atoms with Crippen LogP contribution < -0.4 is 0 Å². The van der Waals surface area contributed by atoms with Crippen molar-refractivity contribution in [3.05, 3.63) is 70.0 Å². The second-order valence-electron chi connectivity index (χ2n) is 4.10. The Labute approximate surface area is 114 Å². The highest BCUT2D eigenvalue weighted by atomic mass is 32.2. The van der Waals surface area contributed by atoms with E-state index in [1.807, 2.05) is 0 Å². The smallest absolute Gasteiger partial charge is 0.258 e. The van der Waals surface area contributed by atoms with Crippen LogP contribution in [0, 0.1) is 15.9 Å². The molecule has 0 bridgehead atoms. The molecule has 0 saturated carbocycles. The number of nitro benzene ring substituents is 1. The Morgan fingerprint density at radius 3 is 2.30 bits per heavy atom. The molecule has 0 unspecified atom stereocenters. The van der Waals surface area contributed by atoms with Gasteiger partial charge >= 0.3 is 0 Å². The molecule has 2 rings (SSSR count). The molecule has 7 heteroatoms. The number of rotatable bonds is 4. The number of sulfone groups is 1. The fourth-order valence-corrected chi connectivity index (χ4v) is 3.06. The van der Waals surface area contributed by atoms with Gasteiger partial charge < -0.3 is 0 Å². The van der Waals surface area contributed by atoms with Crippen molar-refractivity contribution in [1.29, 1.82) is 0 Å². The maximum atomic E-state index is 13.7. The molecule has 2 aromatic carbocycles. The van der Waals surface area contributed by atoms with E-state index in [2.05, 4.69) is 0 Å². The summed E-state index contributed by atoms with van der Waals surface area (Å²) in [5, 5.41) is 10.5. The Morgan fingerprint density at radius 2 is 1.75 bits per heavy atom. The second kappa shape index (κ2) is 5.38. The van der Waals surface area contributed by atoms with Gasteiger partial charge in [-0.2, -0.15) is 0 Å². The molecule has 0 aliphatic heterocycles. The average Bonchev–Trinajstić information content (AvgIpc) is 2.41. The fourth-order valence-electron chi connectivity index (χ4n) is 1.68. The van der Waals surface area contributed by atoms with Crippen LogP contribution in [0.5, 0.6) is 0 Å². The van der Waals surface area contributed by atoms with Crippen LogP contribution in [-0.2, 0) is 15.6 Å². The molecule has 0 fully saturated rings. The van der Waals surface area contributed by atoms with E-state index in [9.17, 15) is 22.9 Å². The van der Waals surface area contributed by atoms with E-state index in [1.165, 1.54) is 12.1 Å². The van der Waals surface area contributed by atoms with Gasteiger partial charge in [0.1, 0.15) is 5.82 Å². The van der Waals surface area contributed by atoms with E-state index in [0.717, 1.165) is 18.2 Å². The number of nitro groups is 1. The van der Waals surface area contributed by atoms with Gasteiger partial charge in [0.15, 0.2) is 9.84 Å². The van der Waals surface area contributed by atoms with Gasteiger partial charge in [0.05, 0.1) is 21.6 Å². The fraction of sp³-hybridized carbons (Fsp3) is 0.0769. The molecule has 0 aromatic heterocycles. The van der Waals surface area contributed by atoms with Gasteiger partial charge in [0.2, 0.25) is 0 Å². The van der Waals surface area contributed by atoms with E-state index < -0.39 is 32.0 Å². The second-order valence-corrected chi connectivity index (χ2v) is 6.09. The third kappa shape index (κ3) is 3.00. The van der Waals surface area contributed by atoms with Crippen LogP contribution in [0.1, 0.15) is 5.56 Å². The summed E-state index contributed by atoms with van der Waals surface area (Å²) in [7, 11) is -3.68. The Bertz CT molecular complexity index is 744. The van der Waals surface area contributed by atoms with Gasteiger partial charge in [-0.15, -0.1) is 0 Å². The summed E-state index contributed by atoms with van der Waals surface area (Å²) in [6.45, 7) is 0. The molecule has 0 spiro atoms. The molecule has 0 atom stereocenters. The van der Waals surface area contributed by atoms with Crippen LogP contribution >= 0.6 is 0 Å². The zero-order valence-electron chi connectivity index (χ0n) is 10.2. The summed E-state index contributed by atoms with van der Waals surface area (Å²) in [6, 6.07) is 10.6. The molecule has 0 N–H and O–H groups in total. The molecule has 0 saturated heterocycles. The number of nitrogens with zero attached hydrogens (tertiary/aromatic N) is 1. The van der Waals surface area contributed by atoms with E-state index in [-0.39, 0.29) is 10.5 Å². The molecule has 2 aromatic rings. The van der Waals surface area contributed by atoms with Crippen LogP contribution in [0.25, 0.3) is 0 Å². The van der Waals surface area contributed by atoms with Gasteiger partial charge in [-0.1, -0.05) is 18.2 Å². The summed E-state index contributed by atoms with van der Waals surface area (Å²) >= 11 is 0. The lowest BCUT2D eigenvalue weighted by Crippen LogP contribution is -2.06. The number of non-ortho nitro benzene ring substituents is 1. The molecular formula is C13H10FNO4S. The average molecular weight is 295 g/mol. The van der Waals surface area contributed by atoms with E-state index in [1.54, 1.807) is 18.2 Å². The van der Waals surface area contributed by atoms with Crippen LogP contribution in [0.2, 0.25) is 0 Å². The molecule has 0 radical (unpaired) electrons. The monoisotopic (exact) mass is 295 g/mol. The number of benzene rings is 2. The maximum absolute atomic E-state index is 13.7. The Kier molecular flexibility index (Phi) is 3.80. The van der Waals surface area contributed by atoms with E-state index >= 15 is 0 Å². The minimum atomic E-state index is -3.68. The Hall–Kier alpha value is -2.28. The molecule has 0 aliphatic rings. The minimum absolute atomic E-state index is 0.0813. The number of halogens is 1. The maximum Gasteiger partial charge on any atom is 0.272 e. The van der Waals surface area contributed by atoms with Crippen molar-refractivity contribution in [3.63, 3.8) is 0 Å². The van der Waals surface area contributed by atoms with Gasteiger partial charge in [-0.05, 0) is 18.2 Å². The predicted molar refractivity (Wildman–Crippen MR) is 70.4 cm³/mol.